The first-order chi connectivity index (χ1) is 14.4. The third-order valence-electron chi connectivity index (χ3n) is 5.95. The van der Waals surface area contributed by atoms with Crippen molar-refractivity contribution < 1.29 is 14.4 Å². The van der Waals surface area contributed by atoms with Crippen LogP contribution in [0, 0.1) is 0 Å². The summed E-state index contributed by atoms with van der Waals surface area (Å²) in [4.78, 5) is 39.8. The molecule has 0 bridgehead atoms. The van der Waals surface area contributed by atoms with Crippen molar-refractivity contribution in [3.05, 3.63) is 70.2 Å². The standard InChI is InChI=1S/C23H24ClN3O3/c1-15(17-10-3-5-12-19(17)24)25-20(28)14-27-21(29)23(26-22(27)30)13-7-6-9-16-8-2-4-11-18(16)23/h2-5,8,10-12,15H,6-7,9,13-14H2,1H3,(H,25,28)(H,26,30)/t15-,23+/m1/s1. The lowest BCUT2D eigenvalue weighted by Crippen LogP contribution is -2.45. The molecular weight excluding hydrogens is 402 g/mol. The molecule has 2 aliphatic rings. The summed E-state index contributed by atoms with van der Waals surface area (Å²) in [5, 5.41) is 6.28. The minimum Gasteiger partial charge on any atom is -0.348 e. The second-order valence-corrected chi connectivity index (χ2v) is 8.31. The van der Waals surface area contributed by atoms with Crippen LogP contribution in [0.2, 0.25) is 5.02 Å². The topological polar surface area (TPSA) is 78.5 Å². The number of hydrogen-bond donors (Lipinski definition) is 2. The molecule has 2 aromatic carbocycles. The third kappa shape index (κ3) is 3.56. The molecule has 1 heterocycles. The summed E-state index contributed by atoms with van der Waals surface area (Å²) in [5.41, 5.74) is 1.60. The number of fused-ring (bicyclic) bond motifs is 2. The lowest BCUT2D eigenvalue weighted by atomic mass is 9.84. The summed E-state index contributed by atoms with van der Waals surface area (Å²) in [6.07, 6.45) is 3.18. The van der Waals surface area contributed by atoms with Gasteiger partial charge in [0.2, 0.25) is 5.91 Å². The van der Waals surface area contributed by atoms with E-state index in [4.69, 9.17) is 11.6 Å². The van der Waals surface area contributed by atoms with Crippen LogP contribution in [-0.2, 0) is 21.5 Å². The fourth-order valence-corrected chi connectivity index (χ4v) is 4.75. The molecule has 0 unspecified atom stereocenters. The SMILES string of the molecule is C[C@@H](NC(=O)CN1C(=O)N[C@]2(CCCCc3ccccc32)C1=O)c1ccccc1Cl. The van der Waals surface area contributed by atoms with Crippen molar-refractivity contribution >= 4 is 29.4 Å². The molecule has 0 saturated carbocycles. The van der Waals surface area contributed by atoms with Gasteiger partial charge in [0.25, 0.3) is 5.91 Å². The highest BCUT2D eigenvalue weighted by atomic mass is 35.5. The van der Waals surface area contributed by atoms with E-state index in [0.29, 0.717) is 11.4 Å². The van der Waals surface area contributed by atoms with Crippen LogP contribution in [0.5, 0.6) is 0 Å². The van der Waals surface area contributed by atoms with E-state index in [1.165, 1.54) is 0 Å². The predicted molar refractivity (Wildman–Crippen MR) is 114 cm³/mol. The van der Waals surface area contributed by atoms with Crippen LogP contribution in [0.15, 0.2) is 48.5 Å². The van der Waals surface area contributed by atoms with Gasteiger partial charge in [-0.2, -0.15) is 0 Å². The number of benzene rings is 2. The number of rotatable bonds is 4. The number of nitrogens with one attached hydrogen (secondary N) is 2. The Balaban J connectivity index is 1.53. The van der Waals surface area contributed by atoms with Crippen molar-refractivity contribution in [2.24, 2.45) is 0 Å². The van der Waals surface area contributed by atoms with Gasteiger partial charge < -0.3 is 10.6 Å². The van der Waals surface area contributed by atoms with Crippen LogP contribution < -0.4 is 10.6 Å². The fraction of sp³-hybridized carbons (Fsp3) is 0.348. The number of carbonyl (C=O) groups excluding carboxylic acids is 3. The molecule has 1 saturated heterocycles. The molecule has 6 nitrogen and oxygen atoms in total. The lowest BCUT2D eigenvalue weighted by Gasteiger charge is -2.27. The van der Waals surface area contributed by atoms with Crippen molar-refractivity contribution in [1.82, 2.24) is 15.5 Å². The number of hydrogen-bond acceptors (Lipinski definition) is 3. The summed E-state index contributed by atoms with van der Waals surface area (Å²) >= 11 is 6.20. The molecule has 1 aliphatic heterocycles. The summed E-state index contributed by atoms with van der Waals surface area (Å²) in [6.45, 7) is 1.48. The molecule has 4 amide bonds. The zero-order valence-corrected chi connectivity index (χ0v) is 17.5. The van der Waals surface area contributed by atoms with Crippen LogP contribution in [-0.4, -0.2) is 29.3 Å². The Morgan fingerprint density at radius 3 is 2.70 bits per heavy atom. The zero-order chi connectivity index (χ0) is 21.3. The van der Waals surface area contributed by atoms with Gasteiger partial charge in [0, 0.05) is 5.02 Å². The van der Waals surface area contributed by atoms with E-state index < -0.39 is 17.5 Å². The van der Waals surface area contributed by atoms with Gasteiger partial charge in [-0.05, 0) is 55.4 Å². The average Bonchev–Trinajstić information content (AvgIpc) is 2.87. The van der Waals surface area contributed by atoms with Gasteiger partial charge in [0.15, 0.2) is 0 Å². The van der Waals surface area contributed by atoms with E-state index in [2.05, 4.69) is 10.6 Å². The molecule has 4 rings (SSSR count). The quantitative estimate of drug-likeness (QED) is 0.733. The predicted octanol–water partition coefficient (Wildman–Crippen LogP) is 3.69. The molecular formula is C23H24ClN3O3. The third-order valence-corrected chi connectivity index (χ3v) is 6.30. The Morgan fingerprint density at radius 2 is 1.90 bits per heavy atom. The number of urea groups is 1. The van der Waals surface area contributed by atoms with Gasteiger partial charge in [-0.25, -0.2) is 4.79 Å². The Hall–Kier alpha value is -2.86. The number of halogens is 1. The maximum Gasteiger partial charge on any atom is 0.325 e. The van der Waals surface area contributed by atoms with E-state index in [1.54, 1.807) is 6.07 Å². The lowest BCUT2D eigenvalue weighted by molar-refractivity contribution is -0.135. The Kier molecular flexibility index (Phi) is 5.52. The largest absolute Gasteiger partial charge is 0.348 e. The van der Waals surface area contributed by atoms with Crippen molar-refractivity contribution in [1.29, 1.82) is 0 Å². The normalized spacial score (nSPS) is 21.7. The van der Waals surface area contributed by atoms with Crippen LogP contribution >= 0.6 is 11.6 Å². The summed E-state index contributed by atoms with van der Waals surface area (Å²) in [6, 6.07) is 14.1. The van der Waals surface area contributed by atoms with Crippen LogP contribution in [0.25, 0.3) is 0 Å². The maximum absolute atomic E-state index is 13.4. The average molecular weight is 426 g/mol. The fourth-order valence-electron chi connectivity index (χ4n) is 4.45. The number of imide groups is 1. The number of aryl methyl sites for hydroxylation is 1. The van der Waals surface area contributed by atoms with Crippen LogP contribution in [0.3, 0.4) is 0 Å². The minimum absolute atomic E-state index is 0.330. The van der Waals surface area contributed by atoms with E-state index in [0.717, 1.165) is 40.9 Å². The van der Waals surface area contributed by atoms with Crippen molar-refractivity contribution in [3.8, 4) is 0 Å². The molecule has 1 fully saturated rings. The molecule has 156 valence electrons. The van der Waals surface area contributed by atoms with E-state index >= 15 is 0 Å². The van der Waals surface area contributed by atoms with E-state index in [9.17, 15) is 14.4 Å². The van der Waals surface area contributed by atoms with Crippen molar-refractivity contribution in [3.63, 3.8) is 0 Å². The number of amides is 4. The molecule has 0 radical (unpaired) electrons. The van der Waals surface area contributed by atoms with Gasteiger partial charge in [0.05, 0.1) is 6.04 Å². The van der Waals surface area contributed by atoms with Crippen molar-refractivity contribution in [2.45, 2.75) is 44.2 Å². The van der Waals surface area contributed by atoms with Gasteiger partial charge in [0.1, 0.15) is 12.1 Å². The first kappa shape index (κ1) is 20.4. The first-order valence-electron chi connectivity index (χ1n) is 10.2. The highest BCUT2D eigenvalue weighted by Gasteiger charge is 2.53. The Morgan fingerprint density at radius 1 is 1.17 bits per heavy atom. The molecule has 2 aromatic rings. The second-order valence-electron chi connectivity index (χ2n) is 7.90. The Labute approximate surface area is 180 Å². The van der Waals surface area contributed by atoms with Crippen LogP contribution in [0.4, 0.5) is 4.79 Å². The van der Waals surface area contributed by atoms with Gasteiger partial charge in [-0.3, -0.25) is 14.5 Å². The molecule has 0 aromatic heterocycles. The molecule has 30 heavy (non-hydrogen) atoms. The minimum atomic E-state index is -1.08. The summed E-state index contributed by atoms with van der Waals surface area (Å²) in [5.74, 6) is -0.771. The molecule has 1 aliphatic carbocycles. The summed E-state index contributed by atoms with van der Waals surface area (Å²) in [7, 11) is 0. The van der Waals surface area contributed by atoms with Crippen molar-refractivity contribution in [2.75, 3.05) is 6.54 Å². The highest BCUT2D eigenvalue weighted by Crippen LogP contribution is 2.38. The monoisotopic (exact) mass is 425 g/mol. The zero-order valence-electron chi connectivity index (χ0n) is 16.8. The van der Waals surface area contributed by atoms with Crippen LogP contribution in [0.1, 0.15) is 48.9 Å². The second kappa shape index (κ2) is 8.11. The molecule has 1 spiro atoms. The highest BCUT2D eigenvalue weighted by molar-refractivity contribution is 6.31. The number of carbonyl (C=O) groups is 3. The van der Waals surface area contributed by atoms with Gasteiger partial charge in [-0.15, -0.1) is 0 Å². The number of nitrogens with zero attached hydrogens (tertiary/aromatic N) is 1. The maximum atomic E-state index is 13.4. The molecule has 7 heteroatoms. The Bertz CT molecular complexity index is 1010. The van der Waals surface area contributed by atoms with E-state index in [-0.39, 0.29) is 18.5 Å². The van der Waals surface area contributed by atoms with E-state index in [1.807, 2.05) is 49.4 Å². The smallest absolute Gasteiger partial charge is 0.325 e. The van der Waals surface area contributed by atoms with Gasteiger partial charge in [-0.1, -0.05) is 54.1 Å². The van der Waals surface area contributed by atoms with Gasteiger partial charge >= 0.3 is 6.03 Å². The summed E-state index contributed by atoms with van der Waals surface area (Å²) < 4.78 is 0. The molecule has 2 atom stereocenters. The molecule has 2 N–H and O–H groups in total. The first-order valence-corrected chi connectivity index (χ1v) is 10.6.